The summed E-state index contributed by atoms with van der Waals surface area (Å²) in [5.41, 5.74) is 0. The summed E-state index contributed by atoms with van der Waals surface area (Å²) in [5, 5.41) is 3.49. The Bertz CT molecular complexity index is 161. The Hall–Kier alpha value is -0.0800. The van der Waals surface area contributed by atoms with E-state index in [1.807, 2.05) is 0 Å². The summed E-state index contributed by atoms with van der Waals surface area (Å²) in [7, 11) is 2.11. The standard InChI is InChI=1S/C14H29NO/c1-3-4-11-16-12-10-13-8-6-5-7-9-14(13)15-2/h13-15H,3-12H2,1-2H3. The molecule has 2 atom stereocenters. The molecular formula is C14H29NO. The average molecular weight is 227 g/mol. The fourth-order valence-electron chi connectivity index (χ4n) is 2.69. The third-order valence-electron chi connectivity index (χ3n) is 3.81. The molecule has 2 heteroatoms. The van der Waals surface area contributed by atoms with Crippen molar-refractivity contribution >= 4 is 0 Å². The Morgan fingerprint density at radius 1 is 1.12 bits per heavy atom. The lowest BCUT2D eigenvalue weighted by Crippen LogP contribution is -2.33. The first-order valence-corrected chi connectivity index (χ1v) is 7.13. The highest BCUT2D eigenvalue weighted by Crippen LogP contribution is 2.25. The summed E-state index contributed by atoms with van der Waals surface area (Å²) in [6, 6.07) is 0.734. The molecule has 0 radical (unpaired) electrons. The molecule has 0 aliphatic heterocycles. The Morgan fingerprint density at radius 3 is 2.69 bits per heavy atom. The average Bonchev–Trinajstić information content (AvgIpc) is 2.53. The molecule has 0 amide bonds. The molecule has 1 aliphatic carbocycles. The zero-order chi connectivity index (χ0) is 11.6. The zero-order valence-electron chi connectivity index (χ0n) is 11.1. The van der Waals surface area contributed by atoms with Gasteiger partial charge in [0.1, 0.15) is 0 Å². The third kappa shape index (κ3) is 5.31. The molecule has 0 heterocycles. The molecule has 1 fully saturated rings. The molecular weight excluding hydrogens is 198 g/mol. The largest absolute Gasteiger partial charge is 0.381 e. The van der Waals surface area contributed by atoms with Crippen LogP contribution in [0.5, 0.6) is 0 Å². The van der Waals surface area contributed by atoms with E-state index in [4.69, 9.17) is 4.74 Å². The summed E-state index contributed by atoms with van der Waals surface area (Å²) in [4.78, 5) is 0. The lowest BCUT2D eigenvalue weighted by molar-refractivity contribution is 0.110. The maximum absolute atomic E-state index is 5.68. The summed E-state index contributed by atoms with van der Waals surface area (Å²) in [6.07, 6.45) is 10.7. The van der Waals surface area contributed by atoms with Gasteiger partial charge in [-0.3, -0.25) is 0 Å². The highest BCUT2D eigenvalue weighted by Gasteiger charge is 2.21. The molecule has 2 nitrogen and oxygen atoms in total. The van der Waals surface area contributed by atoms with Crippen molar-refractivity contribution in [3.8, 4) is 0 Å². The van der Waals surface area contributed by atoms with Crippen molar-refractivity contribution in [2.24, 2.45) is 5.92 Å². The van der Waals surface area contributed by atoms with Crippen molar-refractivity contribution in [3.05, 3.63) is 0 Å². The first kappa shape index (κ1) is 14.0. The normalized spacial score (nSPS) is 26.6. The van der Waals surface area contributed by atoms with E-state index in [9.17, 15) is 0 Å². The van der Waals surface area contributed by atoms with E-state index >= 15 is 0 Å². The smallest absolute Gasteiger partial charge is 0.0469 e. The molecule has 0 aromatic heterocycles. The van der Waals surface area contributed by atoms with Crippen LogP contribution in [0.1, 0.15) is 58.3 Å². The van der Waals surface area contributed by atoms with Crippen LogP contribution in [0.15, 0.2) is 0 Å². The molecule has 1 saturated carbocycles. The number of ether oxygens (including phenoxy) is 1. The quantitative estimate of drug-likeness (QED) is 0.532. The summed E-state index contributed by atoms with van der Waals surface area (Å²) in [5.74, 6) is 0.842. The van der Waals surface area contributed by atoms with Crippen molar-refractivity contribution in [2.45, 2.75) is 64.3 Å². The second-order valence-electron chi connectivity index (χ2n) is 5.05. The number of rotatable bonds is 7. The van der Waals surface area contributed by atoms with E-state index in [1.165, 1.54) is 51.4 Å². The van der Waals surface area contributed by atoms with Crippen molar-refractivity contribution in [1.29, 1.82) is 0 Å². The lowest BCUT2D eigenvalue weighted by Gasteiger charge is -2.24. The maximum atomic E-state index is 5.68. The Balaban J connectivity index is 2.15. The minimum absolute atomic E-state index is 0.734. The van der Waals surface area contributed by atoms with Gasteiger partial charge in [-0.05, 0) is 38.6 Å². The van der Waals surface area contributed by atoms with Gasteiger partial charge in [0.2, 0.25) is 0 Å². The highest BCUT2D eigenvalue weighted by molar-refractivity contribution is 4.78. The fraction of sp³-hybridized carbons (Fsp3) is 1.00. The van der Waals surface area contributed by atoms with Crippen molar-refractivity contribution in [2.75, 3.05) is 20.3 Å². The first-order valence-electron chi connectivity index (χ1n) is 7.13. The van der Waals surface area contributed by atoms with Crippen LogP contribution in [0.4, 0.5) is 0 Å². The topological polar surface area (TPSA) is 21.3 Å². The van der Waals surface area contributed by atoms with Crippen LogP contribution in [0.25, 0.3) is 0 Å². The van der Waals surface area contributed by atoms with E-state index in [2.05, 4.69) is 19.3 Å². The SMILES string of the molecule is CCCCOCCC1CCCCCC1NC. The summed E-state index contributed by atoms with van der Waals surface area (Å²) < 4.78 is 5.68. The van der Waals surface area contributed by atoms with Crippen LogP contribution in [-0.2, 0) is 4.74 Å². The Morgan fingerprint density at radius 2 is 1.94 bits per heavy atom. The molecule has 0 saturated heterocycles. The van der Waals surface area contributed by atoms with Crippen LogP contribution in [-0.4, -0.2) is 26.3 Å². The van der Waals surface area contributed by atoms with Crippen LogP contribution >= 0.6 is 0 Å². The minimum Gasteiger partial charge on any atom is -0.381 e. The van der Waals surface area contributed by atoms with E-state index in [0.29, 0.717) is 0 Å². The van der Waals surface area contributed by atoms with Gasteiger partial charge in [-0.1, -0.05) is 32.6 Å². The number of hydrogen-bond acceptors (Lipinski definition) is 2. The van der Waals surface area contributed by atoms with Crippen molar-refractivity contribution in [3.63, 3.8) is 0 Å². The molecule has 0 spiro atoms. The molecule has 0 bridgehead atoms. The third-order valence-corrected chi connectivity index (χ3v) is 3.81. The first-order chi connectivity index (χ1) is 7.88. The van der Waals surface area contributed by atoms with Crippen LogP contribution < -0.4 is 5.32 Å². The second kappa shape index (κ2) is 9.00. The van der Waals surface area contributed by atoms with Gasteiger partial charge in [-0.2, -0.15) is 0 Å². The minimum atomic E-state index is 0.734. The van der Waals surface area contributed by atoms with Gasteiger partial charge >= 0.3 is 0 Å². The van der Waals surface area contributed by atoms with Gasteiger partial charge in [-0.25, -0.2) is 0 Å². The maximum Gasteiger partial charge on any atom is 0.0469 e. The molecule has 0 aromatic carbocycles. The van der Waals surface area contributed by atoms with Crippen molar-refractivity contribution < 1.29 is 4.74 Å². The molecule has 0 aromatic rings. The van der Waals surface area contributed by atoms with Crippen LogP contribution in [0, 0.1) is 5.92 Å². The summed E-state index contributed by atoms with van der Waals surface area (Å²) >= 11 is 0. The van der Waals surface area contributed by atoms with Crippen molar-refractivity contribution in [1.82, 2.24) is 5.32 Å². The van der Waals surface area contributed by atoms with Gasteiger partial charge in [-0.15, -0.1) is 0 Å². The van der Waals surface area contributed by atoms with Crippen LogP contribution in [0.3, 0.4) is 0 Å². The monoisotopic (exact) mass is 227 g/mol. The van der Waals surface area contributed by atoms with E-state index in [1.54, 1.807) is 0 Å². The predicted octanol–water partition coefficient (Wildman–Crippen LogP) is 3.36. The summed E-state index contributed by atoms with van der Waals surface area (Å²) in [6.45, 7) is 4.13. The van der Waals surface area contributed by atoms with Gasteiger partial charge in [0.15, 0.2) is 0 Å². The van der Waals surface area contributed by atoms with E-state index in [0.717, 1.165) is 25.2 Å². The van der Waals surface area contributed by atoms with Gasteiger partial charge in [0.05, 0.1) is 0 Å². The predicted molar refractivity (Wildman–Crippen MR) is 69.8 cm³/mol. The molecule has 2 unspecified atom stereocenters. The molecule has 1 aliphatic rings. The highest BCUT2D eigenvalue weighted by atomic mass is 16.5. The number of hydrogen-bond donors (Lipinski definition) is 1. The number of nitrogens with one attached hydrogen (secondary N) is 1. The number of unbranched alkanes of at least 4 members (excludes halogenated alkanes) is 1. The second-order valence-corrected chi connectivity index (χ2v) is 5.05. The lowest BCUT2D eigenvalue weighted by atomic mass is 9.92. The Labute approximate surface area is 101 Å². The molecule has 16 heavy (non-hydrogen) atoms. The Kier molecular flexibility index (Phi) is 7.87. The van der Waals surface area contributed by atoms with E-state index < -0.39 is 0 Å². The van der Waals surface area contributed by atoms with Crippen LogP contribution in [0.2, 0.25) is 0 Å². The van der Waals surface area contributed by atoms with Gasteiger partial charge in [0, 0.05) is 19.3 Å². The van der Waals surface area contributed by atoms with E-state index in [-0.39, 0.29) is 0 Å². The fourth-order valence-corrected chi connectivity index (χ4v) is 2.69. The molecule has 1 rings (SSSR count). The molecule has 1 N–H and O–H groups in total. The van der Waals surface area contributed by atoms with Gasteiger partial charge < -0.3 is 10.1 Å². The zero-order valence-corrected chi connectivity index (χ0v) is 11.1. The molecule has 96 valence electrons. The van der Waals surface area contributed by atoms with Gasteiger partial charge in [0.25, 0.3) is 0 Å².